The Bertz CT molecular complexity index is 1150. The molecule has 0 fully saturated rings. The van der Waals surface area contributed by atoms with Crippen molar-refractivity contribution < 1.29 is 4.79 Å². The molecule has 3 rings (SSSR count). The van der Waals surface area contributed by atoms with Crippen LogP contribution in [0.1, 0.15) is 34.6 Å². The second-order valence-electron chi connectivity index (χ2n) is 6.77. The van der Waals surface area contributed by atoms with Crippen LogP contribution in [0.4, 0.5) is 11.5 Å². The summed E-state index contributed by atoms with van der Waals surface area (Å²) in [6.45, 7) is 10.0. The first-order valence-corrected chi connectivity index (χ1v) is 10.4. The van der Waals surface area contributed by atoms with Crippen molar-refractivity contribution in [3.8, 4) is 6.07 Å². The summed E-state index contributed by atoms with van der Waals surface area (Å²) in [4.78, 5) is 22.4. The fourth-order valence-corrected chi connectivity index (χ4v) is 4.31. The molecule has 0 saturated carbocycles. The van der Waals surface area contributed by atoms with E-state index in [0.717, 1.165) is 23.0 Å². The zero-order valence-corrected chi connectivity index (χ0v) is 18.0. The maximum absolute atomic E-state index is 12.2. The maximum Gasteiger partial charge on any atom is 0.235 e. The summed E-state index contributed by atoms with van der Waals surface area (Å²) in [5.74, 6) is -0.0826. The minimum absolute atomic E-state index is 0.305. The number of primary amides is 1. The van der Waals surface area contributed by atoms with E-state index in [2.05, 4.69) is 26.1 Å². The van der Waals surface area contributed by atoms with Crippen molar-refractivity contribution in [1.82, 2.24) is 15.2 Å². The van der Waals surface area contributed by atoms with Gasteiger partial charge in [0.05, 0.1) is 24.4 Å². The fourth-order valence-electron chi connectivity index (χ4n) is 3.25. The Morgan fingerprint density at radius 3 is 2.68 bits per heavy atom. The van der Waals surface area contributed by atoms with E-state index in [1.54, 1.807) is 6.20 Å². The smallest absolute Gasteiger partial charge is 0.235 e. The van der Waals surface area contributed by atoms with Gasteiger partial charge in [-0.15, -0.1) is 0 Å². The van der Waals surface area contributed by atoms with Crippen molar-refractivity contribution in [2.24, 2.45) is 5.73 Å². The summed E-state index contributed by atoms with van der Waals surface area (Å²) in [5, 5.41) is 16.4. The maximum atomic E-state index is 12.2. The van der Waals surface area contributed by atoms with E-state index >= 15 is 0 Å². The number of nitrogens with zero attached hydrogens (tertiary/aromatic N) is 5. The summed E-state index contributed by atoms with van der Waals surface area (Å²) in [6.07, 6.45) is 2.13. The van der Waals surface area contributed by atoms with Gasteiger partial charge in [-0.3, -0.25) is 9.89 Å². The predicted octanol–water partition coefficient (Wildman–Crippen LogP) is 3.74. The Labute approximate surface area is 184 Å². The van der Waals surface area contributed by atoms with Crippen LogP contribution in [0.15, 0.2) is 47.6 Å². The van der Waals surface area contributed by atoms with E-state index in [9.17, 15) is 10.1 Å². The molecule has 9 heteroatoms. The third-order valence-corrected chi connectivity index (χ3v) is 5.97. The molecule has 0 saturated heterocycles. The Morgan fingerprint density at radius 1 is 1.39 bits per heavy atom. The molecular formula is C22H21N7OS. The lowest BCUT2D eigenvalue weighted by Gasteiger charge is -2.23. The Balaban J connectivity index is 2.11. The second-order valence-corrected chi connectivity index (χ2v) is 7.86. The van der Waals surface area contributed by atoms with Crippen molar-refractivity contribution in [3.05, 3.63) is 76.4 Å². The van der Waals surface area contributed by atoms with E-state index in [1.165, 1.54) is 0 Å². The Morgan fingerprint density at radius 2 is 2.13 bits per heavy atom. The van der Waals surface area contributed by atoms with E-state index < -0.39 is 11.2 Å². The molecular weight excluding hydrogens is 410 g/mol. The van der Waals surface area contributed by atoms with Gasteiger partial charge in [-0.2, -0.15) is 10.4 Å². The number of nitriles is 1. The number of carbonyl (C=O) groups is 1. The zero-order valence-electron chi connectivity index (χ0n) is 17.2. The van der Waals surface area contributed by atoms with Gasteiger partial charge in [0, 0.05) is 13.2 Å². The molecule has 0 aliphatic carbocycles. The number of H-pyrrole nitrogens is 1. The van der Waals surface area contributed by atoms with Crippen LogP contribution in [0.3, 0.4) is 0 Å². The number of aromatic nitrogens is 3. The molecule has 1 atom stereocenters. The number of aromatic amines is 1. The monoisotopic (exact) mass is 431 g/mol. The molecule has 3 aromatic rings. The number of thioether (sulfide) groups is 1. The molecule has 2 aromatic heterocycles. The van der Waals surface area contributed by atoms with Gasteiger partial charge in [-0.05, 0) is 23.6 Å². The molecule has 1 amide bonds. The van der Waals surface area contributed by atoms with Crippen LogP contribution in [0.5, 0.6) is 0 Å². The highest BCUT2D eigenvalue weighted by Gasteiger charge is 2.26. The van der Waals surface area contributed by atoms with Crippen LogP contribution in [0, 0.1) is 17.9 Å². The van der Waals surface area contributed by atoms with Crippen molar-refractivity contribution in [3.63, 3.8) is 0 Å². The Hall–Kier alpha value is -3.82. The van der Waals surface area contributed by atoms with Crippen molar-refractivity contribution >= 4 is 29.2 Å². The first kappa shape index (κ1) is 21.9. The average Bonchev–Trinajstić information content (AvgIpc) is 3.29. The molecule has 156 valence electrons. The third-order valence-electron chi connectivity index (χ3n) is 4.72. The van der Waals surface area contributed by atoms with Gasteiger partial charge in [0.1, 0.15) is 22.2 Å². The van der Waals surface area contributed by atoms with Gasteiger partial charge in [0.15, 0.2) is 0 Å². The highest BCUT2D eigenvalue weighted by Crippen LogP contribution is 2.42. The quantitative estimate of drug-likeness (QED) is 0.414. The van der Waals surface area contributed by atoms with Gasteiger partial charge in [0.2, 0.25) is 11.6 Å². The first-order chi connectivity index (χ1) is 15.0. The number of carbonyl (C=O) groups excluding carboxylic acids is 1. The topological polar surface area (TPSA) is 116 Å². The summed E-state index contributed by atoms with van der Waals surface area (Å²) in [6, 6.07) is 13.2. The van der Waals surface area contributed by atoms with Gasteiger partial charge in [0.25, 0.3) is 0 Å². The SMILES string of the molecule is [C-]#[N+]c1c(N(C)Cc2ccn[nH]2)nc(SC(C(N)=O)c2ccccc2)c(C#N)c1CC. The molecule has 0 radical (unpaired) electrons. The van der Waals surface area contributed by atoms with Crippen molar-refractivity contribution in [1.29, 1.82) is 5.26 Å². The molecule has 2 heterocycles. The highest BCUT2D eigenvalue weighted by atomic mass is 32.2. The molecule has 1 aromatic carbocycles. The Kier molecular flexibility index (Phi) is 6.91. The predicted molar refractivity (Wildman–Crippen MR) is 120 cm³/mol. The molecule has 0 aliphatic rings. The number of rotatable bonds is 8. The van der Waals surface area contributed by atoms with Crippen molar-refractivity contribution in [2.75, 3.05) is 11.9 Å². The number of amides is 1. The molecule has 0 aliphatic heterocycles. The molecule has 31 heavy (non-hydrogen) atoms. The van der Waals surface area contributed by atoms with E-state index in [0.29, 0.717) is 40.6 Å². The lowest BCUT2D eigenvalue weighted by atomic mass is 10.1. The number of nitrogens with one attached hydrogen (secondary N) is 1. The molecule has 0 bridgehead atoms. The highest BCUT2D eigenvalue weighted by molar-refractivity contribution is 8.00. The number of pyridine rings is 1. The zero-order chi connectivity index (χ0) is 22.4. The molecule has 8 nitrogen and oxygen atoms in total. The summed E-state index contributed by atoms with van der Waals surface area (Å²) in [7, 11) is 1.82. The van der Waals surface area contributed by atoms with Crippen molar-refractivity contribution in [2.45, 2.75) is 30.2 Å². The van der Waals surface area contributed by atoms with Gasteiger partial charge in [-0.1, -0.05) is 49.0 Å². The third kappa shape index (κ3) is 4.68. The van der Waals surface area contributed by atoms with E-state index in [1.807, 2.05) is 55.3 Å². The molecule has 0 spiro atoms. The lowest BCUT2D eigenvalue weighted by molar-refractivity contribution is -0.117. The minimum Gasteiger partial charge on any atom is -0.368 e. The van der Waals surface area contributed by atoms with Crippen LogP contribution in [-0.4, -0.2) is 28.1 Å². The van der Waals surface area contributed by atoms with Gasteiger partial charge in [-0.25, -0.2) is 9.83 Å². The van der Waals surface area contributed by atoms with Gasteiger partial charge < -0.3 is 10.6 Å². The summed E-state index contributed by atoms with van der Waals surface area (Å²) >= 11 is 1.13. The molecule has 1 unspecified atom stereocenters. The minimum atomic E-state index is -0.713. The largest absolute Gasteiger partial charge is 0.368 e. The van der Waals surface area contributed by atoms with Crippen LogP contribution < -0.4 is 10.6 Å². The standard InChI is InChI=1S/C22H21N7OS/c1-4-16-17(12-23)22(31-19(20(24)30)14-8-6-5-7-9-14)27-21(18(16)25-2)29(3)13-15-10-11-26-28-15/h5-11,19H,4,13H2,1,3H3,(H2,24,30)(H,26,28). The summed E-state index contributed by atoms with van der Waals surface area (Å²) in [5.41, 5.74) is 8.52. The van der Waals surface area contributed by atoms with E-state index in [4.69, 9.17) is 12.3 Å². The second kappa shape index (κ2) is 9.79. The normalized spacial score (nSPS) is 11.4. The molecule has 3 N–H and O–H groups in total. The first-order valence-electron chi connectivity index (χ1n) is 9.54. The summed E-state index contributed by atoms with van der Waals surface area (Å²) < 4.78 is 0. The van der Waals surface area contributed by atoms with Crippen LogP contribution in [-0.2, 0) is 17.8 Å². The van der Waals surface area contributed by atoms with Crippen LogP contribution >= 0.6 is 11.8 Å². The van der Waals surface area contributed by atoms with Gasteiger partial charge >= 0.3 is 0 Å². The van der Waals surface area contributed by atoms with Crippen LogP contribution in [0.25, 0.3) is 4.85 Å². The van der Waals surface area contributed by atoms with Crippen LogP contribution in [0.2, 0.25) is 0 Å². The number of hydrogen-bond donors (Lipinski definition) is 2. The lowest BCUT2D eigenvalue weighted by Crippen LogP contribution is -2.21. The number of benzene rings is 1. The fraction of sp³-hybridized carbons (Fsp3) is 0.227. The number of hydrogen-bond acceptors (Lipinski definition) is 6. The number of nitrogens with two attached hydrogens (primary N) is 1. The number of anilines is 1. The average molecular weight is 432 g/mol. The van der Waals surface area contributed by atoms with E-state index in [-0.39, 0.29) is 0 Å².